The average molecular weight is 250 g/mol. The van der Waals surface area contributed by atoms with Crippen LogP contribution in [0.4, 0.5) is 4.39 Å². The van der Waals surface area contributed by atoms with E-state index in [0.717, 1.165) is 22.0 Å². The first-order valence-electron chi connectivity index (χ1n) is 5.55. The second-order valence-corrected chi connectivity index (χ2v) is 5.09. The Kier molecular flexibility index (Phi) is 3.54. The summed E-state index contributed by atoms with van der Waals surface area (Å²) in [7, 11) is 0. The van der Waals surface area contributed by atoms with Crippen molar-refractivity contribution in [1.82, 2.24) is 4.98 Å². The van der Waals surface area contributed by atoms with E-state index in [1.807, 2.05) is 13.0 Å². The van der Waals surface area contributed by atoms with Crippen LogP contribution in [0.5, 0.6) is 0 Å². The molecule has 0 bridgehead atoms. The average Bonchev–Trinajstić information content (AvgIpc) is 2.65. The SMILES string of the molecule is Cc1cccc(-c2nc(C)c(CCN)s2)c1F. The quantitative estimate of drug-likeness (QED) is 0.909. The van der Waals surface area contributed by atoms with Gasteiger partial charge in [-0.05, 0) is 38.4 Å². The van der Waals surface area contributed by atoms with Gasteiger partial charge in [0.25, 0.3) is 0 Å². The standard InChI is InChI=1S/C13H15FN2S/c1-8-4-3-5-10(12(8)14)13-16-9(2)11(17-13)6-7-15/h3-5H,6-7,15H2,1-2H3. The Labute approximate surface area is 104 Å². The molecule has 2 rings (SSSR count). The minimum absolute atomic E-state index is 0.180. The number of thiazole rings is 1. The van der Waals surface area contributed by atoms with Crippen LogP contribution in [0, 0.1) is 19.7 Å². The Balaban J connectivity index is 2.46. The van der Waals surface area contributed by atoms with E-state index in [4.69, 9.17) is 5.73 Å². The second-order valence-electron chi connectivity index (χ2n) is 4.00. The third-order valence-electron chi connectivity index (χ3n) is 2.69. The van der Waals surface area contributed by atoms with E-state index in [0.29, 0.717) is 17.7 Å². The van der Waals surface area contributed by atoms with Crippen molar-refractivity contribution in [3.05, 3.63) is 40.2 Å². The predicted octanol–water partition coefficient (Wildman–Crippen LogP) is 3.07. The molecule has 0 saturated heterocycles. The largest absolute Gasteiger partial charge is 0.330 e. The van der Waals surface area contributed by atoms with E-state index in [1.165, 1.54) is 11.3 Å². The molecule has 90 valence electrons. The van der Waals surface area contributed by atoms with Gasteiger partial charge in [-0.3, -0.25) is 0 Å². The van der Waals surface area contributed by atoms with Gasteiger partial charge in [0.2, 0.25) is 0 Å². The van der Waals surface area contributed by atoms with Crippen molar-refractivity contribution in [3.63, 3.8) is 0 Å². The first-order chi connectivity index (χ1) is 8.13. The molecule has 2 nitrogen and oxygen atoms in total. The fraction of sp³-hybridized carbons (Fsp3) is 0.308. The Morgan fingerprint density at radius 3 is 2.82 bits per heavy atom. The number of rotatable bonds is 3. The fourth-order valence-corrected chi connectivity index (χ4v) is 2.82. The van der Waals surface area contributed by atoms with Gasteiger partial charge in [0.15, 0.2) is 0 Å². The smallest absolute Gasteiger partial charge is 0.136 e. The molecular weight excluding hydrogens is 235 g/mol. The number of halogens is 1. The van der Waals surface area contributed by atoms with Gasteiger partial charge >= 0.3 is 0 Å². The Morgan fingerprint density at radius 1 is 1.35 bits per heavy atom. The lowest BCUT2D eigenvalue weighted by atomic mass is 10.1. The number of benzene rings is 1. The van der Waals surface area contributed by atoms with Crippen LogP contribution in [0.15, 0.2) is 18.2 Å². The maximum Gasteiger partial charge on any atom is 0.136 e. The zero-order chi connectivity index (χ0) is 12.4. The van der Waals surface area contributed by atoms with Crippen molar-refractivity contribution in [2.45, 2.75) is 20.3 Å². The number of hydrogen-bond acceptors (Lipinski definition) is 3. The summed E-state index contributed by atoms with van der Waals surface area (Å²) >= 11 is 1.53. The van der Waals surface area contributed by atoms with Crippen LogP contribution in [0.3, 0.4) is 0 Å². The number of nitrogens with zero attached hydrogens (tertiary/aromatic N) is 1. The minimum Gasteiger partial charge on any atom is -0.330 e. The van der Waals surface area contributed by atoms with Crippen molar-refractivity contribution < 1.29 is 4.39 Å². The molecule has 0 fully saturated rings. The maximum atomic E-state index is 14.0. The zero-order valence-corrected chi connectivity index (χ0v) is 10.8. The van der Waals surface area contributed by atoms with Crippen LogP contribution in [-0.2, 0) is 6.42 Å². The molecule has 1 aromatic heterocycles. The van der Waals surface area contributed by atoms with Crippen molar-refractivity contribution in [3.8, 4) is 10.6 Å². The van der Waals surface area contributed by atoms with Crippen LogP contribution in [0.1, 0.15) is 16.1 Å². The zero-order valence-electron chi connectivity index (χ0n) is 9.96. The van der Waals surface area contributed by atoms with Crippen LogP contribution >= 0.6 is 11.3 Å². The predicted molar refractivity (Wildman–Crippen MR) is 69.7 cm³/mol. The lowest BCUT2D eigenvalue weighted by Crippen LogP contribution is -2.01. The number of nitrogens with two attached hydrogens (primary N) is 1. The highest BCUT2D eigenvalue weighted by molar-refractivity contribution is 7.15. The van der Waals surface area contributed by atoms with Gasteiger partial charge < -0.3 is 5.73 Å². The minimum atomic E-state index is -0.180. The summed E-state index contributed by atoms with van der Waals surface area (Å²) in [5.41, 5.74) is 7.72. The molecule has 1 heterocycles. The van der Waals surface area contributed by atoms with E-state index in [2.05, 4.69) is 4.98 Å². The molecule has 17 heavy (non-hydrogen) atoms. The summed E-state index contributed by atoms with van der Waals surface area (Å²) in [6, 6.07) is 5.39. The van der Waals surface area contributed by atoms with E-state index < -0.39 is 0 Å². The molecule has 2 N–H and O–H groups in total. The topological polar surface area (TPSA) is 38.9 Å². The van der Waals surface area contributed by atoms with Gasteiger partial charge in [0.1, 0.15) is 10.8 Å². The van der Waals surface area contributed by atoms with E-state index >= 15 is 0 Å². The number of hydrogen-bond donors (Lipinski definition) is 1. The van der Waals surface area contributed by atoms with Gasteiger partial charge in [0.05, 0.1) is 5.69 Å². The van der Waals surface area contributed by atoms with Crippen LogP contribution in [-0.4, -0.2) is 11.5 Å². The summed E-state index contributed by atoms with van der Waals surface area (Å²) in [6.45, 7) is 4.30. The number of aromatic nitrogens is 1. The second kappa shape index (κ2) is 4.94. The molecule has 0 radical (unpaired) electrons. The van der Waals surface area contributed by atoms with E-state index in [-0.39, 0.29) is 5.82 Å². The lowest BCUT2D eigenvalue weighted by molar-refractivity contribution is 0.622. The van der Waals surface area contributed by atoms with E-state index in [1.54, 1.807) is 19.1 Å². The van der Waals surface area contributed by atoms with Crippen molar-refractivity contribution in [2.24, 2.45) is 5.73 Å². The Bertz CT molecular complexity index is 534. The Morgan fingerprint density at radius 2 is 2.12 bits per heavy atom. The molecule has 0 amide bonds. The Hall–Kier alpha value is -1.26. The molecule has 0 unspecified atom stereocenters. The summed E-state index contributed by atoms with van der Waals surface area (Å²) < 4.78 is 14.0. The molecule has 0 atom stereocenters. The molecule has 0 aliphatic carbocycles. The monoisotopic (exact) mass is 250 g/mol. The molecular formula is C13H15FN2S. The molecule has 0 saturated carbocycles. The van der Waals surface area contributed by atoms with E-state index in [9.17, 15) is 4.39 Å². The van der Waals surface area contributed by atoms with Crippen molar-refractivity contribution in [2.75, 3.05) is 6.54 Å². The van der Waals surface area contributed by atoms with Gasteiger partial charge in [-0.25, -0.2) is 9.37 Å². The molecule has 0 aliphatic heterocycles. The first-order valence-corrected chi connectivity index (χ1v) is 6.37. The normalized spacial score (nSPS) is 10.8. The molecule has 0 aliphatic rings. The van der Waals surface area contributed by atoms with Gasteiger partial charge in [-0.2, -0.15) is 0 Å². The van der Waals surface area contributed by atoms with Gasteiger partial charge in [-0.15, -0.1) is 11.3 Å². The van der Waals surface area contributed by atoms with Crippen LogP contribution in [0.25, 0.3) is 10.6 Å². The van der Waals surface area contributed by atoms with Gasteiger partial charge in [0, 0.05) is 10.4 Å². The van der Waals surface area contributed by atoms with Crippen molar-refractivity contribution >= 4 is 11.3 Å². The first kappa shape index (κ1) is 12.2. The summed E-state index contributed by atoms with van der Waals surface area (Å²) in [6.07, 6.45) is 0.803. The summed E-state index contributed by atoms with van der Waals surface area (Å²) in [5, 5.41) is 0.743. The number of aryl methyl sites for hydroxylation is 2. The summed E-state index contributed by atoms with van der Waals surface area (Å²) in [4.78, 5) is 5.57. The van der Waals surface area contributed by atoms with Gasteiger partial charge in [-0.1, -0.05) is 12.1 Å². The highest BCUT2D eigenvalue weighted by atomic mass is 32.1. The summed E-state index contributed by atoms with van der Waals surface area (Å²) in [5.74, 6) is -0.180. The lowest BCUT2D eigenvalue weighted by Gasteiger charge is -2.01. The highest BCUT2D eigenvalue weighted by Crippen LogP contribution is 2.30. The maximum absolute atomic E-state index is 14.0. The molecule has 0 spiro atoms. The van der Waals surface area contributed by atoms with Crippen molar-refractivity contribution in [1.29, 1.82) is 0 Å². The third kappa shape index (κ3) is 2.37. The molecule has 1 aromatic carbocycles. The molecule has 4 heteroatoms. The van der Waals surface area contributed by atoms with Crippen LogP contribution in [0.2, 0.25) is 0 Å². The highest BCUT2D eigenvalue weighted by Gasteiger charge is 2.13. The molecule has 2 aromatic rings. The fourth-order valence-electron chi connectivity index (χ4n) is 1.72. The third-order valence-corrected chi connectivity index (χ3v) is 3.94. The van der Waals surface area contributed by atoms with Crippen LogP contribution < -0.4 is 5.73 Å².